The van der Waals surface area contributed by atoms with E-state index in [4.69, 9.17) is 27.6 Å². The number of hydrogen-bond donors (Lipinski definition) is 0. The molecule has 0 bridgehead atoms. The minimum atomic E-state index is -0.727. The zero-order valence-corrected chi connectivity index (χ0v) is 12.3. The average Bonchev–Trinajstić information content (AvgIpc) is 2.46. The van der Waals surface area contributed by atoms with Crippen LogP contribution in [0.5, 0.6) is 0 Å². The van der Waals surface area contributed by atoms with Gasteiger partial charge in [-0.05, 0) is 24.3 Å². The average molecular weight is 337 g/mol. The van der Waals surface area contributed by atoms with E-state index < -0.39 is 10.5 Å². The summed E-state index contributed by atoms with van der Waals surface area (Å²) in [5.74, 6) is 0.0213. The fraction of sp³-hybridized carbons (Fsp3) is 0. The van der Waals surface area contributed by atoms with Crippen molar-refractivity contribution in [1.82, 2.24) is 4.98 Å². The van der Waals surface area contributed by atoms with E-state index in [1.807, 2.05) is 0 Å². The number of aromatic nitrogens is 1. The van der Waals surface area contributed by atoms with E-state index in [-0.39, 0.29) is 27.5 Å². The molecule has 3 aromatic rings. The van der Waals surface area contributed by atoms with Gasteiger partial charge < -0.3 is 4.42 Å². The zero-order chi connectivity index (χ0) is 15.9. The van der Waals surface area contributed by atoms with Gasteiger partial charge in [-0.2, -0.15) is 0 Å². The fourth-order valence-electron chi connectivity index (χ4n) is 1.95. The molecule has 0 radical (unpaired) electrons. The van der Waals surface area contributed by atoms with Crippen LogP contribution in [-0.2, 0) is 0 Å². The van der Waals surface area contributed by atoms with E-state index in [0.717, 1.165) is 6.07 Å². The smallest absolute Gasteiger partial charge is 0.347 e. The summed E-state index contributed by atoms with van der Waals surface area (Å²) in [6, 6.07) is 8.44. The predicted octanol–water partition coefficient (Wildman–Crippen LogP) is 4.07. The maximum Gasteiger partial charge on any atom is 0.347 e. The number of non-ortho nitro benzene ring substituents is 1. The van der Waals surface area contributed by atoms with Crippen molar-refractivity contribution in [2.75, 3.05) is 0 Å². The molecule has 8 heteroatoms. The molecule has 0 unspecified atom stereocenters. The lowest BCUT2D eigenvalue weighted by atomic mass is 10.2. The van der Waals surface area contributed by atoms with Crippen LogP contribution in [0.1, 0.15) is 0 Å². The topological polar surface area (TPSA) is 86.2 Å². The van der Waals surface area contributed by atoms with Gasteiger partial charge in [0, 0.05) is 17.2 Å². The predicted molar refractivity (Wildman–Crippen MR) is 82.4 cm³/mol. The largest absolute Gasteiger partial charge is 0.403 e. The number of fused-ring (bicyclic) bond motifs is 1. The number of nitrogens with zero attached hydrogens (tertiary/aromatic N) is 2. The van der Waals surface area contributed by atoms with Crippen molar-refractivity contribution in [2.24, 2.45) is 0 Å². The molecule has 22 heavy (non-hydrogen) atoms. The summed E-state index contributed by atoms with van der Waals surface area (Å²) in [5.41, 5.74) is -0.250. The van der Waals surface area contributed by atoms with Crippen LogP contribution in [0.25, 0.3) is 22.4 Å². The van der Waals surface area contributed by atoms with Crippen LogP contribution in [0.2, 0.25) is 10.0 Å². The molecule has 3 rings (SSSR count). The molecule has 6 nitrogen and oxygen atoms in total. The van der Waals surface area contributed by atoms with Crippen LogP contribution in [0.15, 0.2) is 45.6 Å². The Morgan fingerprint density at radius 3 is 2.59 bits per heavy atom. The Morgan fingerprint density at radius 1 is 1.14 bits per heavy atom. The van der Waals surface area contributed by atoms with Gasteiger partial charge >= 0.3 is 5.63 Å². The Kier molecular flexibility index (Phi) is 3.56. The molecule has 2 aromatic carbocycles. The molecule has 0 amide bonds. The van der Waals surface area contributed by atoms with Gasteiger partial charge in [0.15, 0.2) is 0 Å². The lowest BCUT2D eigenvalue weighted by Crippen LogP contribution is -2.04. The highest BCUT2D eigenvalue weighted by Gasteiger charge is 2.14. The first-order valence-electron chi connectivity index (χ1n) is 6.00. The van der Waals surface area contributed by atoms with Crippen molar-refractivity contribution in [1.29, 1.82) is 0 Å². The number of nitro groups is 1. The Bertz CT molecular complexity index is 969. The summed E-state index contributed by atoms with van der Waals surface area (Å²) in [5, 5.41) is 11.5. The third-order valence-corrected chi connectivity index (χ3v) is 3.53. The van der Waals surface area contributed by atoms with Gasteiger partial charge in [-0.1, -0.05) is 23.2 Å². The van der Waals surface area contributed by atoms with Crippen molar-refractivity contribution in [3.63, 3.8) is 0 Å². The number of benzene rings is 2. The van der Waals surface area contributed by atoms with Crippen molar-refractivity contribution in [2.45, 2.75) is 0 Å². The second kappa shape index (κ2) is 5.40. The molecule has 0 atom stereocenters. The molecule has 0 N–H and O–H groups in total. The van der Waals surface area contributed by atoms with Crippen molar-refractivity contribution < 1.29 is 9.34 Å². The van der Waals surface area contributed by atoms with Gasteiger partial charge in [0.2, 0.25) is 5.89 Å². The first kappa shape index (κ1) is 14.5. The molecule has 1 heterocycles. The standard InChI is InChI=1S/C14H6Cl2N2O4/c15-7-1-3-9(11(16)5-7)13-17-12-4-2-8(18(20)21)6-10(12)14(19)22-13/h1-6H. The van der Waals surface area contributed by atoms with E-state index in [1.54, 1.807) is 12.1 Å². The van der Waals surface area contributed by atoms with Crippen molar-refractivity contribution >= 4 is 39.8 Å². The number of nitro benzene ring substituents is 1. The van der Waals surface area contributed by atoms with Gasteiger partial charge in [-0.15, -0.1) is 0 Å². The maximum absolute atomic E-state index is 12.0. The molecule has 0 aliphatic heterocycles. The molecule has 0 aliphatic carbocycles. The van der Waals surface area contributed by atoms with Gasteiger partial charge in [-0.3, -0.25) is 10.1 Å². The Hall–Kier alpha value is -2.44. The van der Waals surface area contributed by atoms with E-state index >= 15 is 0 Å². The molecule has 1 aromatic heterocycles. The molecule has 110 valence electrons. The van der Waals surface area contributed by atoms with Gasteiger partial charge in [0.1, 0.15) is 0 Å². The van der Waals surface area contributed by atoms with Gasteiger partial charge in [0.05, 0.1) is 26.4 Å². The first-order valence-corrected chi connectivity index (χ1v) is 6.76. The van der Waals surface area contributed by atoms with E-state index in [2.05, 4.69) is 4.98 Å². The highest BCUT2D eigenvalue weighted by Crippen LogP contribution is 2.29. The molecule has 0 spiro atoms. The van der Waals surface area contributed by atoms with Crippen molar-refractivity contribution in [3.05, 3.63) is 67.0 Å². The molecule has 0 saturated heterocycles. The second-order valence-corrected chi connectivity index (χ2v) is 5.23. The number of halogens is 2. The minimum absolute atomic E-state index is 0.0213. The highest BCUT2D eigenvalue weighted by molar-refractivity contribution is 6.36. The Morgan fingerprint density at radius 2 is 1.91 bits per heavy atom. The summed E-state index contributed by atoms with van der Waals surface area (Å²) >= 11 is 11.9. The van der Waals surface area contributed by atoms with Crippen LogP contribution < -0.4 is 5.63 Å². The lowest BCUT2D eigenvalue weighted by molar-refractivity contribution is -0.384. The summed E-state index contributed by atoms with van der Waals surface area (Å²) in [7, 11) is 0. The van der Waals surface area contributed by atoms with Crippen LogP contribution in [-0.4, -0.2) is 9.91 Å². The Balaban J connectivity index is 2.23. The highest BCUT2D eigenvalue weighted by atomic mass is 35.5. The van der Waals surface area contributed by atoms with Crippen LogP contribution in [0, 0.1) is 10.1 Å². The summed E-state index contributed by atoms with van der Waals surface area (Å²) in [4.78, 5) is 26.4. The maximum atomic E-state index is 12.0. The molecular weight excluding hydrogens is 331 g/mol. The summed E-state index contributed by atoms with van der Waals surface area (Å²) < 4.78 is 5.12. The third kappa shape index (κ3) is 2.54. The quantitative estimate of drug-likeness (QED) is 0.520. The SMILES string of the molecule is O=c1oc(-c2ccc(Cl)cc2Cl)nc2ccc([N+](=O)[O-])cc12. The van der Waals surface area contributed by atoms with E-state index in [0.29, 0.717) is 10.6 Å². The molecule has 0 aliphatic rings. The first-order chi connectivity index (χ1) is 10.5. The van der Waals surface area contributed by atoms with Gasteiger partial charge in [0.25, 0.3) is 5.69 Å². The molecule has 0 fully saturated rings. The minimum Gasteiger partial charge on any atom is -0.403 e. The van der Waals surface area contributed by atoms with Crippen LogP contribution >= 0.6 is 23.2 Å². The summed E-state index contributed by atoms with van der Waals surface area (Å²) in [6.07, 6.45) is 0. The normalized spacial score (nSPS) is 10.8. The monoisotopic (exact) mass is 336 g/mol. The van der Waals surface area contributed by atoms with Crippen LogP contribution in [0.3, 0.4) is 0 Å². The van der Waals surface area contributed by atoms with E-state index in [1.165, 1.54) is 18.2 Å². The lowest BCUT2D eigenvalue weighted by Gasteiger charge is -2.04. The number of hydrogen-bond acceptors (Lipinski definition) is 5. The second-order valence-electron chi connectivity index (χ2n) is 4.39. The number of rotatable bonds is 2. The zero-order valence-electron chi connectivity index (χ0n) is 10.7. The third-order valence-electron chi connectivity index (χ3n) is 2.98. The fourth-order valence-corrected chi connectivity index (χ4v) is 2.44. The Labute approximate surface area is 133 Å². The van der Waals surface area contributed by atoms with Gasteiger partial charge in [-0.25, -0.2) is 9.78 Å². The van der Waals surface area contributed by atoms with Crippen LogP contribution in [0.4, 0.5) is 5.69 Å². The molecular formula is C14H6Cl2N2O4. The molecule has 0 saturated carbocycles. The summed E-state index contributed by atoms with van der Waals surface area (Å²) in [6.45, 7) is 0. The van der Waals surface area contributed by atoms with Crippen molar-refractivity contribution in [3.8, 4) is 11.5 Å². The van der Waals surface area contributed by atoms with E-state index in [9.17, 15) is 14.9 Å².